The summed E-state index contributed by atoms with van der Waals surface area (Å²) in [4.78, 5) is 8.62. The Balaban J connectivity index is 2.09. The molecule has 0 aromatic carbocycles. The Morgan fingerprint density at radius 2 is 2.10 bits per heavy atom. The molecule has 1 aliphatic carbocycles. The summed E-state index contributed by atoms with van der Waals surface area (Å²) >= 11 is 6.04. The monoisotopic (exact) mass is 292 g/mol. The van der Waals surface area contributed by atoms with Gasteiger partial charge in [-0.05, 0) is 29.9 Å². The van der Waals surface area contributed by atoms with E-state index in [1.54, 1.807) is 13.3 Å². The molecule has 0 radical (unpaired) electrons. The van der Waals surface area contributed by atoms with Crippen molar-refractivity contribution in [3.05, 3.63) is 29.2 Å². The van der Waals surface area contributed by atoms with Crippen LogP contribution in [0, 0.1) is 0 Å². The Morgan fingerprint density at radius 3 is 2.80 bits per heavy atom. The van der Waals surface area contributed by atoms with E-state index in [0.717, 1.165) is 29.2 Å². The molecule has 0 amide bonds. The highest BCUT2D eigenvalue weighted by Gasteiger charge is 2.25. The quantitative estimate of drug-likeness (QED) is 0.790. The smallest absolute Gasteiger partial charge is 0.223 e. The summed E-state index contributed by atoms with van der Waals surface area (Å²) in [7, 11) is 1.70. The Labute approximate surface area is 123 Å². The van der Waals surface area contributed by atoms with Crippen molar-refractivity contribution < 1.29 is 9.47 Å². The molecule has 5 heteroatoms. The van der Waals surface area contributed by atoms with Crippen LogP contribution in [0.4, 0.5) is 0 Å². The van der Waals surface area contributed by atoms with Crippen molar-refractivity contribution in [3.8, 4) is 5.88 Å². The van der Waals surface area contributed by atoms with E-state index in [4.69, 9.17) is 21.1 Å². The number of methoxy groups -OCH3 is 1. The fourth-order valence-electron chi connectivity index (χ4n) is 2.28. The van der Waals surface area contributed by atoms with Gasteiger partial charge in [-0.1, -0.05) is 18.5 Å². The van der Waals surface area contributed by atoms with Gasteiger partial charge in [-0.3, -0.25) is 0 Å². The second kappa shape index (κ2) is 5.54. The van der Waals surface area contributed by atoms with Crippen molar-refractivity contribution in [2.45, 2.75) is 31.8 Å². The minimum Gasteiger partial charge on any atom is -0.474 e. The van der Waals surface area contributed by atoms with Crippen LogP contribution in [0.15, 0.2) is 18.5 Å². The van der Waals surface area contributed by atoms with E-state index in [-0.39, 0.29) is 5.92 Å². The van der Waals surface area contributed by atoms with Crippen LogP contribution in [-0.2, 0) is 4.74 Å². The second-order valence-corrected chi connectivity index (χ2v) is 5.63. The largest absolute Gasteiger partial charge is 0.474 e. The number of aromatic nitrogens is 2. The summed E-state index contributed by atoms with van der Waals surface area (Å²) in [6.07, 6.45) is 6.12. The lowest BCUT2D eigenvalue weighted by Gasteiger charge is -2.15. The van der Waals surface area contributed by atoms with Gasteiger partial charge < -0.3 is 9.47 Å². The zero-order valence-electron chi connectivity index (χ0n) is 11.6. The van der Waals surface area contributed by atoms with Gasteiger partial charge in [0.25, 0.3) is 0 Å². The third kappa shape index (κ3) is 2.72. The topological polar surface area (TPSA) is 44.2 Å². The number of pyridine rings is 2. The fraction of sp³-hybridized carbons (Fsp3) is 0.467. The van der Waals surface area contributed by atoms with Crippen LogP contribution >= 0.6 is 11.6 Å². The summed E-state index contributed by atoms with van der Waals surface area (Å²) in [5, 5.41) is 2.44. The molecule has 0 saturated heterocycles. The molecule has 1 fully saturated rings. The predicted octanol–water partition coefficient (Wildman–Crippen LogP) is 3.57. The summed E-state index contributed by atoms with van der Waals surface area (Å²) in [6, 6.07) is 1.87. The first kappa shape index (κ1) is 13.6. The molecule has 1 saturated carbocycles. The summed E-state index contributed by atoms with van der Waals surface area (Å²) in [5.41, 5.74) is 1.11. The number of rotatable bonds is 5. The highest BCUT2D eigenvalue weighted by Crippen LogP contribution is 2.34. The standard InChI is InChI=1S/C15H17ClN2O2/c1-9(8-19-2)12-6-18-15(20-10-3-4-10)13-7-17-14(16)5-11(12)13/h5-7,9-10H,3-4,8H2,1-2H3. The SMILES string of the molecule is COCC(C)c1cnc(OC2CC2)c2cnc(Cl)cc12. The second-order valence-electron chi connectivity index (χ2n) is 5.24. The Kier molecular flexibility index (Phi) is 3.76. The number of fused-ring (bicyclic) bond motifs is 1. The number of nitrogens with zero attached hydrogens (tertiary/aromatic N) is 2. The van der Waals surface area contributed by atoms with E-state index in [2.05, 4.69) is 16.9 Å². The van der Waals surface area contributed by atoms with Gasteiger partial charge in [0.1, 0.15) is 11.3 Å². The maximum atomic E-state index is 6.04. The van der Waals surface area contributed by atoms with Gasteiger partial charge in [0.15, 0.2) is 0 Å². The van der Waals surface area contributed by atoms with Crippen LogP contribution in [0.5, 0.6) is 5.88 Å². The van der Waals surface area contributed by atoms with Crippen LogP contribution in [0.2, 0.25) is 5.15 Å². The third-order valence-electron chi connectivity index (χ3n) is 3.48. The minimum atomic E-state index is 0.239. The first-order valence-electron chi connectivity index (χ1n) is 6.78. The predicted molar refractivity (Wildman–Crippen MR) is 78.5 cm³/mol. The Hall–Kier alpha value is -1.39. The number of hydrogen-bond donors (Lipinski definition) is 0. The lowest BCUT2D eigenvalue weighted by Crippen LogP contribution is -2.06. The zero-order chi connectivity index (χ0) is 14.1. The molecule has 1 aliphatic rings. The molecule has 0 N–H and O–H groups in total. The molecule has 0 aliphatic heterocycles. The first-order chi connectivity index (χ1) is 9.69. The number of halogens is 1. The van der Waals surface area contributed by atoms with Crippen LogP contribution < -0.4 is 4.74 Å². The van der Waals surface area contributed by atoms with Crippen LogP contribution in [-0.4, -0.2) is 29.8 Å². The van der Waals surface area contributed by atoms with E-state index in [9.17, 15) is 0 Å². The lowest BCUT2D eigenvalue weighted by molar-refractivity contribution is 0.184. The molecule has 1 unspecified atom stereocenters. The van der Waals surface area contributed by atoms with Gasteiger partial charge in [0.05, 0.1) is 12.0 Å². The normalized spacial score (nSPS) is 16.4. The maximum Gasteiger partial charge on any atom is 0.223 e. The van der Waals surface area contributed by atoms with Crippen molar-refractivity contribution in [2.75, 3.05) is 13.7 Å². The molecule has 3 rings (SSSR count). The minimum absolute atomic E-state index is 0.239. The van der Waals surface area contributed by atoms with Crippen molar-refractivity contribution in [3.63, 3.8) is 0 Å². The van der Waals surface area contributed by atoms with Crippen LogP contribution in [0.3, 0.4) is 0 Å². The number of ether oxygens (including phenoxy) is 2. The Bertz CT molecular complexity index is 629. The van der Waals surface area contributed by atoms with Crippen molar-refractivity contribution in [1.29, 1.82) is 0 Å². The molecule has 0 spiro atoms. The molecule has 0 bridgehead atoms. The molecule has 20 heavy (non-hydrogen) atoms. The van der Waals surface area contributed by atoms with Gasteiger partial charge >= 0.3 is 0 Å². The van der Waals surface area contributed by atoms with Gasteiger partial charge in [0, 0.05) is 25.4 Å². The summed E-state index contributed by atoms with van der Waals surface area (Å²) < 4.78 is 11.1. The van der Waals surface area contributed by atoms with E-state index in [0.29, 0.717) is 23.7 Å². The fourth-order valence-corrected chi connectivity index (χ4v) is 2.43. The molecular formula is C15H17ClN2O2. The number of hydrogen-bond acceptors (Lipinski definition) is 4. The average Bonchev–Trinajstić information content (AvgIpc) is 3.23. The van der Waals surface area contributed by atoms with Crippen molar-refractivity contribution in [1.82, 2.24) is 9.97 Å². The third-order valence-corrected chi connectivity index (χ3v) is 3.69. The Morgan fingerprint density at radius 1 is 1.30 bits per heavy atom. The van der Waals surface area contributed by atoms with Gasteiger partial charge in [-0.25, -0.2) is 9.97 Å². The molecule has 106 valence electrons. The van der Waals surface area contributed by atoms with Crippen molar-refractivity contribution >= 4 is 22.4 Å². The summed E-state index contributed by atoms with van der Waals surface area (Å²) in [5.74, 6) is 0.892. The van der Waals surface area contributed by atoms with Gasteiger partial charge in [-0.2, -0.15) is 0 Å². The molecule has 2 heterocycles. The van der Waals surface area contributed by atoms with E-state index in [1.165, 1.54) is 0 Å². The van der Waals surface area contributed by atoms with E-state index < -0.39 is 0 Å². The van der Waals surface area contributed by atoms with E-state index >= 15 is 0 Å². The average molecular weight is 293 g/mol. The molecular weight excluding hydrogens is 276 g/mol. The molecule has 4 nitrogen and oxygen atoms in total. The van der Waals surface area contributed by atoms with Gasteiger partial charge in [0.2, 0.25) is 5.88 Å². The maximum absolute atomic E-state index is 6.04. The highest BCUT2D eigenvalue weighted by atomic mass is 35.5. The molecule has 1 atom stereocenters. The van der Waals surface area contributed by atoms with Gasteiger partial charge in [-0.15, -0.1) is 0 Å². The van der Waals surface area contributed by atoms with Crippen LogP contribution in [0.1, 0.15) is 31.2 Å². The molecule has 2 aromatic heterocycles. The summed E-state index contributed by atoms with van der Waals surface area (Å²) in [6.45, 7) is 2.75. The van der Waals surface area contributed by atoms with Crippen molar-refractivity contribution in [2.24, 2.45) is 0 Å². The van der Waals surface area contributed by atoms with Crippen LogP contribution in [0.25, 0.3) is 10.8 Å². The lowest BCUT2D eigenvalue weighted by atomic mass is 9.99. The zero-order valence-corrected chi connectivity index (χ0v) is 12.4. The molecule has 2 aromatic rings. The first-order valence-corrected chi connectivity index (χ1v) is 7.16. The highest BCUT2D eigenvalue weighted by molar-refractivity contribution is 6.30. The van der Waals surface area contributed by atoms with E-state index in [1.807, 2.05) is 12.3 Å².